The first-order chi connectivity index (χ1) is 8.11. The van der Waals surface area contributed by atoms with Gasteiger partial charge in [0.2, 0.25) is 0 Å². The highest BCUT2D eigenvalue weighted by atomic mass is 32.1. The first-order valence-electron chi connectivity index (χ1n) is 5.37. The van der Waals surface area contributed by atoms with Crippen LogP contribution in [0.2, 0.25) is 0 Å². The van der Waals surface area contributed by atoms with Gasteiger partial charge >= 0.3 is 0 Å². The second-order valence-electron chi connectivity index (χ2n) is 4.17. The van der Waals surface area contributed by atoms with E-state index < -0.39 is 0 Å². The molecular formula is C13H15FN2S. The van der Waals surface area contributed by atoms with Crippen LogP contribution >= 0.6 is 11.3 Å². The van der Waals surface area contributed by atoms with Crippen LogP contribution in [-0.2, 0) is 0 Å². The Hall–Kier alpha value is -1.23. The van der Waals surface area contributed by atoms with Gasteiger partial charge in [-0.3, -0.25) is 5.84 Å². The first-order valence-corrected chi connectivity index (χ1v) is 6.32. The van der Waals surface area contributed by atoms with Crippen molar-refractivity contribution in [3.05, 3.63) is 57.0 Å². The molecule has 0 spiro atoms. The molecule has 1 heterocycles. The fraction of sp³-hybridized carbons (Fsp3) is 0.231. The van der Waals surface area contributed by atoms with E-state index in [9.17, 15) is 4.39 Å². The molecule has 17 heavy (non-hydrogen) atoms. The van der Waals surface area contributed by atoms with Crippen molar-refractivity contribution in [3.63, 3.8) is 0 Å². The summed E-state index contributed by atoms with van der Waals surface area (Å²) in [6.45, 7) is 3.91. The minimum absolute atomic E-state index is 0.157. The van der Waals surface area contributed by atoms with Crippen LogP contribution < -0.4 is 11.3 Å². The molecule has 3 N–H and O–H groups in total. The number of hydrogen-bond acceptors (Lipinski definition) is 3. The van der Waals surface area contributed by atoms with Gasteiger partial charge in [0.1, 0.15) is 5.82 Å². The van der Waals surface area contributed by atoms with Crippen molar-refractivity contribution in [1.29, 1.82) is 0 Å². The molecule has 2 aromatic rings. The summed E-state index contributed by atoms with van der Waals surface area (Å²) in [7, 11) is 0. The van der Waals surface area contributed by atoms with Crippen molar-refractivity contribution < 1.29 is 4.39 Å². The highest BCUT2D eigenvalue weighted by Gasteiger charge is 2.16. The monoisotopic (exact) mass is 250 g/mol. The lowest BCUT2D eigenvalue weighted by Crippen LogP contribution is -2.29. The van der Waals surface area contributed by atoms with E-state index in [2.05, 4.69) is 10.8 Å². The van der Waals surface area contributed by atoms with E-state index in [-0.39, 0.29) is 11.9 Å². The largest absolute Gasteiger partial charge is 0.271 e. The molecule has 1 atom stereocenters. The molecule has 0 fully saturated rings. The molecule has 1 unspecified atom stereocenters. The zero-order valence-electron chi connectivity index (χ0n) is 9.83. The van der Waals surface area contributed by atoms with Crippen LogP contribution in [-0.4, -0.2) is 0 Å². The van der Waals surface area contributed by atoms with Crippen LogP contribution in [0, 0.1) is 19.7 Å². The number of nitrogens with two attached hydrogens (primary N) is 1. The van der Waals surface area contributed by atoms with Crippen LogP contribution in [0.3, 0.4) is 0 Å². The van der Waals surface area contributed by atoms with Gasteiger partial charge < -0.3 is 0 Å². The fourth-order valence-electron chi connectivity index (χ4n) is 1.96. The number of thiophene rings is 1. The molecule has 0 aliphatic carbocycles. The van der Waals surface area contributed by atoms with E-state index in [1.807, 2.05) is 25.3 Å². The molecule has 0 amide bonds. The van der Waals surface area contributed by atoms with Gasteiger partial charge in [0, 0.05) is 0 Å². The van der Waals surface area contributed by atoms with Gasteiger partial charge in [0.25, 0.3) is 0 Å². The fourth-order valence-corrected chi connectivity index (χ4v) is 2.84. The normalized spacial score (nSPS) is 12.7. The predicted molar refractivity (Wildman–Crippen MR) is 69.4 cm³/mol. The summed E-state index contributed by atoms with van der Waals surface area (Å²) in [5.74, 6) is 5.37. The van der Waals surface area contributed by atoms with Crippen molar-refractivity contribution in [2.24, 2.45) is 5.84 Å². The average molecular weight is 250 g/mol. The topological polar surface area (TPSA) is 38.0 Å². The Balaban J connectivity index is 2.45. The van der Waals surface area contributed by atoms with Crippen LogP contribution in [0.15, 0.2) is 29.0 Å². The Kier molecular flexibility index (Phi) is 3.57. The van der Waals surface area contributed by atoms with E-state index in [4.69, 9.17) is 5.84 Å². The molecule has 0 saturated carbocycles. The first kappa shape index (κ1) is 12.2. The second-order valence-corrected chi connectivity index (χ2v) is 4.92. The van der Waals surface area contributed by atoms with E-state index in [0.717, 1.165) is 16.7 Å². The number of aryl methyl sites for hydroxylation is 2. The summed E-state index contributed by atoms with van der Waals surface area (Å²) >= 11 is 1.62. The average Bonchev–Trinajstić information content (AvgIpc) is 2.65. The van der Waals surface area contributed by atoms with Gasteiger partial charge in [-0.15, -0.1) is 0 Å². The van der Waals surface area contributed by atoms with E-state index >= 15 is 0 Å². The molecule has 0 radical (unpaired) electrons. The lowest BCUT2D eigenvalue weighted by atomic mass is 9.97. The maximum atomic E-state index is 13.4. The lowest BCUT2D eigenvalue weighted by Gasteiger charge is -2.17. The Morgan fingerprint density at radius 1 is 1.24 bits per heavy atom. The van der Waals surface area contributed by atoms with Gasteiger partial charge in [-0.25, -0.2) is 9.82 Å². The summed E-state index contributed by atoms with van der Waals surface area (Å²) in [4.78, 5) is 0. The smallest absolute Gasteiger partial charge is 0.123 e. The number of hydrazine groups is 1. The molecule has 0 aliphatic heterocycles. The third-order valence-corrected chi connectivity index (χ3v) is 3.65. The molecule has 0 bridgehead atoms. The Labute approximate surface area is 104 Å². The zero-order chi connectivity index (χ0) is 12.4. The Morgan fingerprint density at radius 3 is 2.53 bits per heavy atom. The van der Waals surface area contributed by atoms with Gasteiger partial charge in [-0.05, 0) is 59.0 Å². The molecule has 2 rings (SSSR count). The highest BCUT2D eigenvalue weighted by Crippen LogP contribution is 2.27. The molecule has 0 saturated heterocycles. The zero-order valence-corrected chi connectivity index (χ0v) is 10.6. The maximum Gasteiger partial charge on any atom is 0.123 e. The SMILES string of the molecule is Cc1cc(F)cc(C(NN)c2cscc2C)c1. The van der Waals surface area contributed by atoms with Gasteiger partial charge in [-0.1, -0.05) is 6.07 Å². The van der Waals surface area contributed by atoms with Crippen molar-refractivity contribution in [2.45, 2.75) is 19.9 Å². The number of hydrogen-bond donors (Lipinski definition) is 2. The van der Waals surface area contributed by atoms with Crippen LogP contribution in [0.1, 0.15) is 28.3 Å². The van der Waals surface area contributed by atoms with E-state index in [1.54, 1.807) is 11.3 Å². The number of nitrogens with one attached hydrogen (secondary N) is 1. The summed E-state index contributed by atoms with van der Waals surface area (Å²) in [6, 6.07) is 4.83. The minimum atomic E-state index is -0.229. The van der Waals surface area contributed by atoms with Gasteiger partial charge in [-0.2, -0.15) is 11.3 Å². The number of benzene rings is 1. The summed E-state index contributed by atoms with van der Waals surface area (Å²) in [5, 5.41) is 4.10. The standard InChI is InChI=1S/C13H15FN2S/c1-8-3-10(5-11(14)4-8)13(16-15)12-7-17-6-9(12)2/h3-7,13,16H,15H2,1-2H3. The second kappa shape index (κ2) is 4.96. The summed E-state index contributed by atoms with van der Waals surface area (Å²) in [6.07, 6.45) is 0. The predicted octanol–water partition coefficient (Wildman–Crippen LogP) is 3.06. The Morgan fingerprint density at radius 2 is 2.00 bits per heavy atom. The minimum Gasteiger partial charge on any atom is -0.271 e. The molecular weight excluding hydrogens is 235 g/mol. The van der Waals surface area contributed by atoms with Crippen LogP contribution in [0.4, 0.5) is 4.39 Å². The van der Waals surface area contributed by atoms with Crippen molar-refractivity contribution in [2.75, 3.05) is 0 Å². The lowest BCUT2D eigenvalue weighted by molar-refractivity contribution is 0.603. The number of rotatable bonds is 3. The molecule has 1 aromatic heterocycles. The number of halogens is 1. The molecule has 1 aromatic carbocycles. The van der Waals surface area contributed by atoms with Crippen molar-refractivity contribution >= 4 is 11.3 Å². The summed E-state index contributed by atoms with van der Waals surface area (Å²) in [5.41, 5.74) is 6.77. The molecule has 4 heteroatoms. The maximum absolute atomic E-state index is 13.4. The van der Waals surface area contributed by atoms with Gasteiger partial charge in [0.05, 0.1) is 6.04 Å². The Bertz CT molecular complexity index is 502. The highest BCUT2D eigenvalue weighted by molar-refractivity contribution is 7.08. The molecule has 2 nitrogen and oxygen atoms in total. The van der Waals surface area contributed by atoms with Crippen LogP contribution in [0.25, 0.3) is 0 Å². The van der Waals surface area contributed by atoms with Crippen molar-refractivity contribution in [1.82, 2.24) is 5.43 Å². The molecule has 90 valence electrons. The van der Waals surface area contributed by atoms with Gasteiger partial charge in [0.15, 0.2) is 0 Å². The summed E-state index contributed by atoms with van der Waals surface area (Å²) < 4.78 is 13.4. The van der Waals surface area contributed by atoms with E-state index in [0.29, 0.717) is 0 Å². The third kappa shape index (κ3) is 2.54. The molecule has 0 aliphatic rings. The third-order valence-electron chi connectivity index (χ3n) is 2.77. The van der Waals surface area contributed by atoms with E-state index in [1.165, 1.54) is 17.7 Å². The van der Waals surface area contributed by atoms with Crippen molar-refractivity contribution in [3.8, 4) is 0 Å². The quantitative estimate of drug-likeness (QED) is 0.649. The van der Waals surface area contributed by atoms with Crippen LogP contribution in [0.5, 0.6) is 0 Å².